The molecule has 0 bridgehead atoms. The van der Waals surface area contributed by atoms with Crippen molar-refractivity contribution in [2.45, 2.75) is 46.3 Å². The maximum atomic E-state index is 12.6. The molecule has 3 unspecified atom stereocenters. The fourth-order valence-electron chi connectivity index (χ4n) is 4.61. The molecule has 0 spiro atoms. The Hall–Kier alpha value is -1.65. The Kier molecular flexibility index (Phi) is 3.42. The Bertz CT molecular complexity index is 565. The average Bonchev–Trinajstić information content (AvgIpc) is 2.84. The van der Waals surface area contributed by atoms with Crippen LogP contribution in [0.1, 0.15) is 34.1 Å². The predicted molar refractivity (Wildman–Crippen MR) is 77.6 cm³/mol. The molecule has 0 radical (unpaired) electrons. The Balaban J connectivity index is 2.10. The molecular formula is C17H22O5. The quantitative estimate of drug-likeness (QED) is 0.692. The van der Waals surface area contributed by atoms with Crippen molar-refractivity contribution in [2.24, 2.45) is 29.1 Å². The zero-order chi connectivity index (χ0) is 16.2. The van der Waals surface area contributed by atoms with E-state index in [1.807, 2.05) is 13.0 Å². The molecule has 5 heteroatoms. The van der Waals surface area contributed by atoms with Crippen LogP contribution in [0, 0.1) is 29.1 Å². The van der Waals surface area contributed by atoms with Crippen LogP contribution in [0.2, 0.25) is 0 Å². The number of fused-ring (bicyclic) bond motifs is 2. The fourth-order valence-corrected chi connectivity index (χ4v) is 4.61. The molecule has 3 rings (SSSR count). The maximum Gasteiger partial charge on any atom is 0.309 e. The van der Waals surface area contributed by atoms with E-state index < -0.39 is 17.5 Å². The molecular weight excluding hydrogens is 284 g/mol. The molecule has 5 nitrogen and oxygen atoms in total. The molecule has 0 amide bonds. The van der Waals surface area contributed by atoms with E-state index in [0.29, 0.717) is 6.42 Å². The highest BCUT2D eigenvalue weighted by molar-refractivity contribution is 5.98. The zero-order valence-corrected chi connectivity index (χ0v) is 13.4. The lowest BCUT2D eigenvalue weighted by Crippen LogP contribution is -2.50. The Morgan fingerprint density at radius 3 is 2.68 bits per heavy atom. The highest BCUT2D eigenvalue weighted by atomic mass is 16.6. The van der Waals surface area contributed by atoms with Crippen LogP contribution < -0.4 is 0 Å². The summed E-state index contributed by atoms with van der Waals surface area (Å²) in [4.78, 5) is 36.2. The Morgan fingerprint density at radius 2 is 2.05 bits per heavy atom. The molecule has 0 aromatic heterocycles. The van der Waals surface area contributed by atoms with E-state index in [1.54, 1.807) is 13.0 Å². The smallest absolute Gasteiger partial charge is 0.309 e. The molecule has 0 aromatic rings. The number of carbonyl (C=O) groups is 3. The number of hydrogen-bond donors (Lipinski definition) is 0. The summed E-state index contributed by atoms with van der Waals surface area (Å²) in [5, 5.41) is 0. The summed E-state index contributed by atoms with van der Waals surface area (Å²) in [6.07, 6.45) is 3.30. The van der Waals surface area contributed by atoms with Crippen LogP contribution in [-0.2, 0) is 23.9 Å². The molecule has 3 aliphatic rings. The highest BCUT2D eigenvalue weighted by Crippen LogP contribution is 2.54. The minimum absolute atomic E-state index is 0.000789. The minimum Gasteiger partial charge on any atom is -0.462 e. The van der Waals surface area contributed by atoms with E-state index in [9.17, 15) is 14.4 Å². The number of carbonyl (C=O) groups excluding carboxylic acids is 3. The van der Waals surface area contributed by atoms with Crippen molar-refractivity contribution in [1.29, 1.82) is 0 Å². The van der Waals surface area contributed by atoms with Crippen molar-refractivity contribution in [3.63, 3.8) is 0 Å². The van der Waals surface area contributed by atoms with Gasteiger partial charge in [0.1, 0.15) is 12.2 Å². The summed E-state index contributed by atoms with van der Waals surface area (Å²) < 4.78 is 11.1. The molecule has 7 atom stereocenters. The van der Waals surface area contributed by atoms with Crippen LogP contribution >= 0.6 is 0 Å². The van der Waals surface area contributed by atoms with Crippen molar-refractivity contribution in [3.8, 4) is 0 Å². The Morgan fingerprint density at radius 1 is 1.36 bits per heavy atom. The summed E-state index contributed by atoms with van der Waals surface area (Å²) in [6, 6.07) is 0. The van der Waals surface area contributed by atoms with Gasteiger partial charge in [-0.2, -0.15) is 0 Å². The first-order chi connectivity index (χ1) is 10.3. The largest absolute Gasteiger partial charge is 0.462 e. The van der Waals surface area contributed by atoms with Crippen LogP contribution in [0.25, 0.3) is 0 Å². The summed E-state index contributed by atoms with van der Waals surface area (Å²) in [5.74, 6) is -1.17. The van der Waals surface area contributed by atoms with Gasteiger partial charge in [0.25, 0.3) is 0 Å². The van der Waals surface area contributed by atoms with E-state index in [-0.39, 0.29) is 41.5 Å². The van der Waals surface area contributed by atoms with Gasteiger partial charge in [-0.3, -0.25) is 14.4 Å². The molecule has 0 N–H and O–H groups in total. The average molecular weight is 306 g/mol. The van der Waals surface area contributed by atoms with Gasteiger partial charge < -0.3 is 9.47 Å². The summed E-state index contributed by atoms with van der Waals surface area (Å²) in [7, 11) is 0. The zero-order valence-electron chi connectivity index (χ0n) is 13.4. The standard InChI is InChI=1S/C17H22O5/c1-8-7-12-14(9(2)16(20)22-12)15(21-10(3)18)17(4)11(8)5-6-13(17)19/h5-6,8-9,11-12,14-15H,7H2,1-4H3/t8-,9+,11?,12?,14?,15+,17+/m1/s1. The highest BCUT2D eigenvalue weighted by Gasteiger charge is 2.62. The third kappa shape index (κ3) is 1.94. The predicted octanol–water partition coefficient (Wildman–Crippen LogP) is 1.90. The third-order valence-electron chi connectivity index (χ3n) is 5.77. The monoisotopic (exact) mass is 306 g/mol. The van der Waals surface area contributed by atoms with Gasteiger partial charge in [-0.05, 0) is 31.3 Å². The first kappa shape index (κ1) is 15.3. The molecule has 1 saturated heterocycles. The third-order valence-corrected chi connectivity index (χ3v) is 5.77. The van der Waals surface area contributed by atoms with Gasteiger partial charge in [0.05, 0.1) is 11.3 Å². The topological polar surface area (TPSA) is 69.7 Å². The summed E-state index contributed by atoms with van der Waals surface area (Å²) in [5.41, 5.74) is -0.813. The van der Waals surface area contributed by atoms with E-state index in [4.69, 9.17) is 9.47 Å². The van der Waals surface area contributed by atoms with Crippen LogP contribution in [0.15, 0.2) is 12.2 Å². The lowest BCUT2D eigenvalue weighted by Gasteiger charge is -2.40. The number of hydrogen-bond acceptors (Lipinski definition) is 5. The van der Waals surface area contributed by atoms with E-state index in [2.05, 4.69) is 6.92 Å². The van der Waals surface area contributed by atoms with Crippen LogP contribution in [0.3, 0.4) is 0 Å². The van der Waals surface area contributed by atoms with Crippen LogP contribution in [0.5, 0.6) is 0 Å². The van der Waals surface area contributed by atoms with Gasteiger partial charge in [0.15, 0.2) is 5.78 Å². The van der Waals surface area contributed by atoms with Crippen molar-refractivity contribution in [3.05, 3.63) is 12.2 Å². The van der Waals surface area contributed by atoms with Crippen molar-refractivity contribution >= 4 is 17.7 Å². The van der Waals surface area contributed by atoms with Crippen LogP contribution in [0.4, 0.5) is 0 Å². The number of allylic oxidation sites excluding steroid dienone is 2. The van der Waals surface area contributed by atoms with E-state index >= 15 is 0 Å². The molecule has 1 saturated carbocycles. The molecule has 2 aliphatic carbocycles. The van der Waals surface area contributed by atoms with Crippen LogP contribution in [-0.4, -0.2) is 29.9 Å². The van der Waals surface area contributed by atoms with Gasteiger partial charge in [-0.25, -0.2) is 0 Å². The second-order valence-corrected chi connectivity index (χ2v) is 7.12. The molecule has 120 valence electrons. The lowest BCUT2D eigenvalue weighted by molar-refractivity contribution is -0.165. The van der Waals surface area contributed by atoms with Crippen molar-refractivity contribution in [1.82, 2.24) is 0 Å². The number of ether oxygens (including phenoxy) is 2. The Labute approximate surface area is 130 Å². The van der Waals surface area contributed by atoms with Gasteiger partial charge in [-0.15, -0.1) is 0 Å². The van der Waals surface area contributed by atoms with E-state index in [0.717, 1.165) is 0 Å². The van der Waals surface area contributed by atoms with Crippen molar-refractivity contribution < 1.29 is 23.9 Å². The lowest BCUT2D eigenvalue weighted by atomic mass is 9.66. The number of ketones is 1. The maximum absolute atomic E-state index is 12.6. The molecule has 2 fully saturated rings. The minimum atomic E-state index is -0.813. The molecule has 1 heterocycles. The second kappa shape index (κ2) is 4.93. The molecule has 1 aliphatic heterocycles. The SMILES string of the molecule is CC(=O)O[C@H]1C2C(C[C@@H](C)C3C=CC(=O)[C@]31C)OC(=O)[C@H]2C. The van der Waals surface area contributed by atoms with Gasteiger partial charge in [-0.1, -0.05) is 19.9 Å². The summed E-state index contributed by atoms with van der Waals surface area (Å²) >= 11 is 0. The fraction of sp³-hybridized carbons (Fsp3) is 0.706. The number of esters is 2. The summed E-state index contributed by atoms with van der Waals surface area (Å²) in [6.45, 7) is 7.07. The van der Waals surface area contributed by atoms with Crippen molar-refractivity contribution in [2.75, 3.05) is 0 Å². The van der Waals surface area contributed by atoms with E-state index in [1.165, 1.54) is 6.92 Å². The first-order valence-corrected chi connectivity index (χ1v) is 7.87. The normalized spacial score (nSPS) is 46.7. The van der Waals surface area contributed by atoms with Gasteiger partial charge in [0.2, 0.25) is 0 Å². The number of rotatable bonds is 1. The molecule has 22 heavy (non-hydrogen) atoms. The van der Waals surface area contributed by atoms with Gasteiger partial charge in [0, 0.05) is 12.8 Å². The van der Waals surface area contributed by atoms with Gasteiger partial charge >= 0.3 is 11.9 Å². The first-order valence-electron chi connectivity index (χ1n) is 7.87. The molecule has 0 aromatic carbocycles. The second-order valence-electron chi connectivity index (χ2n) is 7.12.